The minimum absolute atomic E-state index is 0.127. The zero-order chi connectivity index (χ0) is 14.2. The van der Waals surface area contributed by atoms with Gasteiger partial charge in [-0.1, -0.05) is 48.5 Å². The van der Waals surface area contributed by atoms with Crippen LogP contribution in [-0.4, -0.2) is 8.42 Å². The van der Waals surface area contributed by atoms with E-state index >= 15 is 0 Å². The molecule has 0 atom stereocenters. The molecular weight excluding hydrogens is 270 g/mol. The highest BCUT2D eigenvalue weighted by molar-refractivity contribution is 7.89. The molecule has 3 nitrogen and oxygen atoms in total. The van der Waals surface area contributed by atoms with E-state index in [1.54, 1.807) is 12.1 Å². The number of sulfonamides is 1. The molecule has 0 saturated heterocycles. The van der Waals surface area contributed by atoms with E-state index < -0.39 is 10.0 Å². The van der Waals surface area contributed by atoms with Gasteiger partial charge in [-0.3, -0.25) is 0 Å². The zero-order valence-corrected chi connectivity index (χ0v) is 11.5. The third kappa shape index (κ3) is 2.43. The molecule has 0 bridgehead atoms. The van der Waals surface area contributed by atoms with E-state index in [2.05, 4.69) is 24.3 Å². The predicted octanol–water partition coefficient (Wildman–Crippen LogP) is 3.15. The summed E-state index contributed by atoms with van der Waals surface area (Å²) in [5.74, 6) is 0. The largest absolute Gasteiger partial charge is 0.238 e. The van der Waals surface area contributed by atoms with Crippen LogP contribution in [0.2, 0.25) is 0 Å². The quantitative estimate of drug-likeness (QED) is 0.785. The van der Waals surface area contributed by atoms with Crippen molar-refractivity contribution in [3.05, 3.63) is 66.7 Å². The van der Waals surface area contributed by atoms with Crippen molar-refractivity contribution in [2.75, 3.05) is 0 Å². The smallest absolute Gasteiger partial charge is 0.225 e. The van der Waals surface area contributed by atoms with Crippen LogP contribution in [0.5, 0.6) is 0 Å². The number of primary sulfonamides is 1. The normalized spacial score (nSPS) is 11.7. The van der Waals surface area contributed by atoms with Gasteiger partial charge >= 0.3 is 0 Å². The Kier molecular flexibility index (Phi) is 3.04. The highest BCUT2D eigenvalue weighted by Gasteiger charge is 2.07. The maximum absolute atomic E-state index is 11.2. The Morgan fingerprint density at radius 3 is 1.95 bits per heavy atom. The van der Waals surface area contributed by atoms with Gasteiger partial charge in [-0.15, -0.1) is 0 Å². The molecule has 0 aromatic heterocycles. The Morgan fingerprint density at radius 2 is 1.30 bits per heavy atom. The molecular formula is C16H13NO2S. The molecule has 3 aromatic rings. The van der Waals surface area contributed by atoms with E-state index in [1.807, 2.05) is 18.2 Å². The van der Waals surface area contributed by atoms with Crippen LogP contribution >= 0.6 is 0 Å². The molecule has 0 unspecified atom stereocenters. The summed E-state index contributed by atoms with van der Waals surface area (Å²) in [6.45, 7) is 0. The minimum Gasteiger partial charge on any atom is -0.225 e. The Hall–Kier alpha value is -2.17. The first kappa shape index (κ1) is 12.8. The molecule has 0 saturated carbocycles. The Bertz CT molecular complexity index is 868. The van der Waals surface area contributed by atoms with Gasteiger partial charge in [0.05, 0.1) is 4.90 Å². The third-order valence-electron chi connectivity index (χ3n) is 3.27. The molecule has 3 aromatic carbocycles. The number of benzene rings is 3. The molecule has 3 rings (SSSR count). The second-order valence-electron chi connectivity index (χ2n) is 4.63. The molecule has 2 N–H and O–H groups in total. The van der Waals surface area contributed by atoms with Gasteiger partial charge in [0.2, 0.25) is 10.0 Å². The lowest BCUT2D eigenvalue weighted by molar-refractivity contribution is 0.598. The van der Waals surface area contributed by atoms with Crippen LogP contribution in [0, 0.1) is 0 Å². The van der Waals surface area contributed by atoms with Crippen LogP contribution in [0.1, 0.15) is 0 Å². The van der Waals surface area contributed by atoms with E-state index in [9.17, 15) is 8.42 Å². The fourth-order valence-electron chi connectivity index (χ4n) is 2.21. The molecule has 0 radical (unpaired) electrons. The Labute approximate surface area is 117 Å². The Morgan fingerprint density at radius 1 is 0.700 bits per heavy atom. The number of nitrogens with two attached hydrogens (primary N) is 1. The highest BCUT2D eigenvalue weighted by Crippen LogP contribution is 2.25. The average molecular weight is 283 g/mol. The van der Waals surface area contributed by atoms with Crippen LogP contribution in [-0.2, 0) is 10.0 Å². The molecule has 0 aliphatic rings. The van der Waals surface area contributed by atoms with Crippen LogP contribution in [0.25, 0.3) is 21.9 Å². The first-order valence-electron chi connectivity index (χ1n) is 6.16. The summed E-state index contributed by atoms with van der Waals surface area (Å²) in [6.07, 6.45) is 0. The van der Waals surface area contributed by atoms with Crippen LogP contribution in [0.15, 0.2) is 71.6 Å². The van der Waals surface area contributed by atoms with Gasteiger partial charge in [-0.25, -0.2) is 13.6 Å². The van der Waals surface area contributed by atoms with Gasteiger partial charge in [0, 0.05) is 0 Å². The second-order valence-corrected chi connectivity index (χ2v) is 6.19. The lowest BCUT2D eigenvalue weighted by Crippen LogP contribution is -2.11. The number of fused-ring (bicyclic) bond motifs is 1. The maximum atomic E-state index is 11.2. The van der Waals surface area contributed by atoms with Crippen molar-refractivity contribution < 1.29 is 8.42 Å². The molecule has 20 heavy (non-hydrogen) atoms. The second kappa shape index (κ2) is 4.74. The summed E-state index contributed by atoms with van der Waals surface area (Å²) in [6, 6.07) is 20.9. The van der Waals surface area contributed by atoms with Crippen molar-refractivity contribution >= 4 is 20.8 Å². The van der Waals surface area contributed by atoms with E-state index in [1.165, 1.54) is 17.5 Å². The average Bonchev–Trinajstić information content (AvgIpc) is 2.46. The molecule has 0 fully saturated rings. The molecule has 100 valence electrons. The number of rotatable bonds is 2. The van der Waals surface area contributed by atoms with Gasteiger partial charge < -0.3 is 0 Å². The molecule has 0 aliphatic carbocycles. The highest BCUT2D eigenvalue weighted by atomic mass is 32.2. The molecule has 0 aliphatic heterocycles. The summed E-state index contributed by atoms with van der Waals surface area (Å²) in [5, 5.41) is 7.42. The van der Waals surface area contributed by atoms with E-state index in [-0.39, 0.29) is 4.90 Å². The van der Waals surface area contributed by atoms with Crippen LogP contribution < -0.4 is 5.14 Å². The number of hydrogen-bond donors (Lipinski definition) is 1. The van der Waals surface area contributed by atoms with Crippen molar-refractivity contribution in [3.8, 4) is 11.1 Å². The molecule has 4 heteroatoms. The molecule has 0 amide bonds. The van der Waals surface area contributed by atoms with E-state index in [0.29, 0.717) is 0 Å². The van der Waals surface area contributed by atoms with Crippen molar-refractivity contribution in [2.45, 2.75) is 4.90 Å². The SMILES string of the molecule is NS(=O)(=O)c1ccc(-c2ccc3ccccc3c2)cc1. The summed E-state index contributed by atoms with van der Waals surface area (Å²) in [7, 11) is -3.64. The van der Waals surface area contributed by atoms with E-state index in [0.717, 1.165) is 16.5 Å². The van der Waals surface area contributed by atoms with Crippen molar-refractivity contribution in [1.29, 1.82) is 0 Å². The summed E-state index contributed by atoms with van der Waals surface area (Å²) in [5.41, 5.74) is 2.01. The van der Waals surface area contributed by atoms with Crippen molar-refractivity contribution in [1.82, 2.24) is 0 Å². The lowest BCUT2D eigenvalue weighted by Gasteiger charge is -2.05. The minimum atomic E-state index is -3.64. The van der Waals surface area contributed by atoms with Gasteiger partial charge in [0.15, 0.2) is 0 Å². The van der Waals surface area contributed by atoms with Gasteiger partial charge in [0.1, 0.15) is 0 Å². The lowest BCUT2D eigenvalue weighted by atomic mass is 10.0. The van der Waals surface area contributed by atoms with E-state index in [4.69, 9.17) is 5.14 Å². The summed E-state index contributed by atoms with van der Waals surface area (Å²) in [4.78, 5) is 0.127. The first-order valence-corrected chi connectivity index (χ1v) is 7.71. The fourth-order valence-corrected chi connectivity index (χ4v) is 2.72. The molecule has 0 spiro atoms. The Balaban J connectivity index is 2.07. The van der Waals surface area contributed by atoms with Crippen LogP contribution in [0.4, 0.5) is 0 Å². The summed E-state index contributed by atoms with van der Waals surface area (Å²) < 4.78 is 22.5. The van der Waals surface area contributed by atoms with Gasteiger partial charge in [0.25, 0.3) is 0 Å². The third-order valence-corrected chi connectivity index (χ3v) is 4.19. The topological polar surface area (TPSA) is 60.2 Å². The van der Waals surface area contributed by atoms with Crippen molar-refractivity contribution in [2.24, 2.45) is 5.14 Å². The van der Waals surface area contributed by atoms with Crippen molar-refractivity contribution in [3.63, 3.8) is 0 Å². The number of hydrogen-bond acceptors (Lipinski definition) is 2. The fraction of sp³-hybridized carbons (Fsp3) is 0. The van der Waals surface area contributed by atoms with Gasteiger partial charge in [-0.2, -0.15) is 0 Å². The predicted molar refractivity (Wildman–Crippen MR) is 80.8 cm³/mol. The molecule has 0 heterocycles. The first-order chi connectivity index (χ1) is 9.54. The van der Waals surface area contributed by atoms with Crippen LogP contribution in [0.3, 0.4) is 0 Å². The van der Waals surface area contributed by atoms with Gasteiger partial charge in [-0.05, 0) is 40.1 Å². The summed E-state index contributed by atoms with van der Waals surface area (Å²) >= 11 is 0. The maximum Gasteiger partial charge on any atom is 0.238 e. The zero-order valence-electron chi connectivity index (χ0n) is 10.7. The monoisotopic (exact) mass is 283 g/mol. The standard InChI is InChI=1S/C16H13NO2S/c17-20(18,19)16-9-7-13(8-10-16)15-6-5-12-3-1-2-4-14(12)11-15/h1-11H,(H2,17,18,19).